The molecule has 0 N–H and O–H groups in total. The molecule has 0 fully saturated rings. The molecule has 1 aromatic heterocycles. The summed E-state index contributed by atoms with van der Waals surface area (Å²) in [5.74, 6) is -0.748. The van der Waals surface area contributed by atoms with E-state index in [2.05, 4.69) is 5.10 Å². The van der Waals surface area contributed by atoms with Crippen molar-refractivity contribution in [2.75, 3.05) is 18.6 Å². The van der Waals surface area contributed by atoms with Crippen LogP contribution in [0.25, 0.3) is 0 Å². The molecule has 1 rings (SSSR count). The number of halogens is 3. The first-order valence-corrected chi connectivity index (χ1v) is 8.35. The normalized spacial score (nSPS) is 13.9. The fourth-order valence-electron chi connectivity index (χ4n) is 1.69. The van der Waals surface area contributed by atoms with E-state index in [9.17, 15) is 26.4 Å². The first kappa shape index (κ1) is 18.5. The van der Waals surface area contributed by atoms with Gasteiger partial charge in [0.1, 0.15) is 6.54 Å². The first-order valence-electron chi connectivity index (χ1n) is 6.53. The van der Waals surface area contributed by atoms with E-state index >= 15 is 0 Å². The molecule has 0 spiro atoms. The zero-order valence-corrected chi connectivity index (χ0v) is 13.3. The maximum Gasteiger partial charge on any atom is 0.435 e. The first-order chi connectivity index (χ1) is 9.96. The summed E-state index contributed by atoms with van der Waals surface area (Å²) in [7, 11) is -1.84. The quantitative estimate of drug-likeness (QED) is 0.779. The number of carbonyl (C=O) groups excluding carboxylic acids is 1. The third kappa shape index (κ3) is 5.00. The second kappa shape index (κ2) is 6.67. The molecule has 0 bridgehead atoms. The highest BCUT2D eigenvalue weighted by molar-refractivity contribution is 7.91. The molecule has 6 nitrogen and oxygen atoms in total. The highest BCUT2D eigenvalue weighted by Crippen LogP contribution is 2.27. The van der Waals surface area contributed by atoms with Gasteiger partial charge in [0, 0.05) is 25.0 Å². The molecular weight excluding hydrogens is 323 g/mol. The number of likely N-dealkylation sites (N-methyl/N-ethyl adjacent to an activating group) is 1. The lowest BCUT2D eigenvalue weighted by molar-refractivity contribution is -0.142. The van der Waals surface area contributed by atoms with Gasteiger partial charge in [0.25, 0.3) is 0 Å². The summed E-state index contributed by atoms with van der Waals surface area (Å²) < 4.78 is 61.2. The van der Waals surface area contributed by atoms with Crippen LogP contribution in [0.2, 0.25) is 0 Å². The van der Waals surface area contributed by atoms with Gasteiger partial charge < -0.3 is 4.90 Å². The van der Waals surface area contributed by atoms with Crippen molar-refractivity contribution in [3.05, 3.63) is 18.0 Å². The van der Waals surface area contributed by atoms with Crippen LogP contribution in [0.5, 0.6) is 0 Å². The minimum atomic E-state index is -4.57. The summed E-state index contributed by atoms with van der Waals surface area (Å²) in [5.41, 5.74) is -1.08. The fourth-order valence-corrected chi connectivity index (χ4v) is 2.89. The van der Waals surface area contributed by atoms with E-state index in [1.807, 2.05) is 0 Å². The average Bonchev–Trinajstić information content (AvgIpc) is 2.85. The van der Waals surface area contributed by atoms with Crippen LogP contribution in [0.4, 0.5) is 13.2 Å². The van der Waals surface area contributed by atoms with E-state index in [1.54, 1.807) is 6.92 Å². The van der Waals surface area contributed by atoms with E-state index in [0.29, 0.717) is 0 Å². The summed E-state index contributed by atoms with van der Waals surface area (Å²) >= 11 is 0. The summed E-state index contributed by atoms with van der Waals surface area (Å²) in [5, 5.41) is 3.28. The molecule has 1 atom stereocenters. The van der Waals surface area contributed by atoms with Crippen LogP contribution in [0.3, 0.4) is 0 Å². The van der Waals surface area contributed by atoms with Crippen molar-refractivity contribution in [3.8, 4) is 0 Å². The third-order valence-electron chi connectivity index (χ3n) is 3.22. The Morgan fingerprint density at radius 1 is 1.45 bits per heavy atom. The average molecular weight is 341 g/mol. The number of hydrogen-bond acceptors (Lipinski definition) is 4. The minimum absolute atomic E-state index is 0.0343. The third-order valence-corrected chi connectivity index (χ3v) is 5.09. The maximum atomic E-state index is 12.4. The van der Waals surface area contributed by atoms with E-state index in [-0.39, 0.29) is 18.1 Å². The molecular formula is C12H18F3N3O3S. The van der Waals surface area contributed by atoms with Crippen molar-refractivity contribution in [2.24, 2.45) is 0 Å². The predicted molar refractivity (Wildman–Crippen MR) is 73.8 cm³/mol. The van der Waals surface area contributed by atoms with Crippen molar-refractivity contribution < 1.29 is 26.4 Å². The molecule has 0 radical (unpaired) electrons. The van der Waals surface area contributed by atoms with Gasteiger partial charge in [-0.1, -0.05) is 6.92 Å². The predicted octanol–water partition coefficient (Wildman–Crippen LogP) is 1.18. The van der Waals surface area contributed by atoms with Crippen LogP contribution in [0.1, 0.15) is 19.5 Å². The molecule has 126 valence electrons. The second-order valence-electron chi connectivity index (χ2n) is 4.95. The lowest BCUT2D eigenvalue weighted by Crippen LogP contribution is -2.41. The Balaban J connectivity index is 2.70. The Hall–Kier alpha value is -1.58. The van der Waals surface area contributed by atoms with Crippen molar-refractivity contribution in [1.82, 2.24) is 14.7 Å². The van der Waals surface area contributed by atoms with Crippen LogP contribution in [-0.4, -0.2) is 53.6 Å². The molecule has 10 heteroatoms. The number of aromatic nitrogens is 2. The molecule has 1 aromatic rings. The summed E-state index contributed by atoms with van der Waals surface area (Å²) in [6, 6.07) is 0.202. The molecule has 0 aliphatic carbocycles. The van der Waals surface area contributed by atoms with Gasteiger partial charge in [-0.15, -0.1) is 0 Å². The van der Waals surface area contributed by atoms with E-state index in [0.717, 1.165) is 16.9 Å². The number of amides is 1. The highest BCUT2D eigenvalue weighted by atomic mass is 32.2. The van der Waals surface area contributed by atoms with E-state index in [4.69, 9.17) is 0 Å². The van der Waals surface area contributed by atoms with E-state index in [1.165, 1.54) is 18.9 Å². The Morgan fingerprint density at radius 3 is 2.50 bits per heavy atom. The van der Waals surface area contributed by atoms with Gasteiger partial charge >= 0.3 is 6.18 Å². The zero-order valence-electron chi connectivity index (χ0n) is 12.5. The van der Waals surface area contributed by atoms with Crippen molar-refractivity contribution in [3.63, 3.8) is 0 Å². The minimum Gasteiger partial charge on any atom is -0.340 e. The van der Waals surface area contributed by atoms with Crippen LogP contribution >= 0.6 is 0 Å². The number of nitrogens with zero attached hydrogens (tertiary/aromatic N) is 3. The summed E-state index contributed by atoms with van der Waals surface area (Å²) in [4.78, 5) is 13.2. The Morgan fingerprint density at radius 2 is 2.05 bits per heavy atom. The highest BCUT2D eigenvalue weighted by Gasteiger charge is 2.33. The monoisotopic (exact) mass is 341 g/mol. The zero-order chi connectivity index (χ0) is 17.1. The number of carbonyl (C=O) groups is 1. The van der Waals surface area contributed by atoms with Gasteiger partial charge in [0.15, 0.2) is 15.5 Å². The van der Waals surface area contributed by atoms with Gasteiger partial charge in [0.05, 0.1) is 5.75 Å². The van der Waals surface area contributed by atoms with Gasteiger partial charge in [-0.2, -0.15) is 18.3 Å². The second-order valence-corrected chi connectivity index (χ2v) is 7.35. The van der Waals surface area contributed by atoms with Crippen LogP contribution in [0, 0.1) is 0 Å². The largest absolute Gasteiger partial charge is 0.435 e. The number of hydrogen-bond donors (Lipinski definition) is 0. The lowest BCUT2D eigenvalue weighted by atomic mass is 10.3. The molecule has 0 aliphatic rings. The van der Waals surface area contributed by atoms with E-state index < -0.39 is 33.7 Å². The molecule has 0 saturated heterocycles. The van der Waals surface area contributed by atoms with Gasteiger partial charge in [-0.3, -0.25) is 9.48 Å². The van der Waals surface area contributed by atoms with Crippen molar-refractivity contribution >= 4 is 15.7 Å². The number of alkyl halides is 3. The molecule has 0 aromatic carbocycles. The van der Waals surface area contributed by atoms with Crippen molar-refractivity contribution in [1.29, 1.82) is 0 Å². The Kier molecular flexibility index (Phi) is 5.60. The molecule has 22 heavy (non-hydrogen) atoms. The molecule has 0 saturated carbocycles. The van der Waals surface area contributed by atoms with Crippen LogP contribution in [-0.2, 0) is 27.4 Å². The molecule has 0 aliphatic heterocycles. The fraction of sp³-hybridized carbons (Fsp3) is 0.667. The number of rotatable bonds is 6. The van der Waals surface area contributed by atoms with Crippen LogP contribution in [0.15, 0.2) is 12.3 Å². The standard InChI is InChI=1S/C12H18F3N3O3S/c1-4-22(20,21)8-9(2)17(3)11(19)7-18-6-5-10(16-18)12(13,14)15/h5-6,9H,4,7-8H2,1-3H3/t9-/m0/s1. The molecule has 1 amide bonds. The van der Waals surface area contributed by atoms with Crippen LogP contribution < -0.4 is 0 Å². The SMILES string of the molecule is CCS(=O)(=O)C[C@H](C)N(C)C(=O)Cn1ccc(C(F)(F)F)n1. The van der Waals surface area contributed by atoms with Crippen molar-refractivity contribution in [2.45, 2.75) is 32.6 Å². The Bertz CT molecular complexity index is 625. The topological polar surface area (TPSA) is 72.3 Å². The van der Waals surface area contributed by atoms with Gasteiger partial charge in [0.2, 0.25) is 5.91 Å². The smallest absolute Gasteiger partial charge is 0.340 e. The lowest BCUT2D eigenvalue weighted by Gasteiger charge is -2.24. The number of sulfone groups is 1. The molecule has 1 heterocycles. The van der Waals surface area contributed by atoms with Gasteiger partial charge in [-0.25, -0.2) is 8.42 Å². The summed E-state index contributed by atoms with van der Waals surface area (Å²) in [6.07, 6.45) is -3.51. The molecule has 0 unspecified atom stereocenters. The Labute approximate surface area is 126 Å². The maximum absolute atomic E-state index is 12.4. The van der Waals surface area contributed by atoms with Gasteiger partial charge in [-0.05, 0) is 13.0 Å². The summed E-state index contributed by atoms with van der Waals surface area (Å²) in [6.45, 7) is 2.69.